The molecule has 1 aromatic carbocycles. The van der Waals surface area contributed by atoms with Gasteiger partial charge in [-0.15, -0.1) is 0 Å². The van der Waals surface area contributed by atoms with Gasteiger partial charge in [-0.25, -0.2) is 0 Å². The van der Waals surface area contributed by atoms with Crippen molar-refractivity contribution in [2.24, 2.45) is 0 Å². The number of likely N-dealkylation sites (N-methyl/N-ethyl adjacent to an activating group) is 1. The molecule has 2 heteroatoms. The maximum atomic E-state index is 5.65. The Morgan fingerprint density at radius 3 is 3.00 bits per heavy atom. The zero-order valence-corrected chi connectivity index (χ0v) is 8.49. The highest BCUT2D eigenvalue weighted by Crippen LogP contribution is 2.30. The van der Waals surface area contributed by atoms with E-state index < -0.39 is 0 Å². The van der Waals surface area contributed by atoms with Gasteiger partial charge in [0.25, 0.3) is 0 Å². The molecule has 0 unspecified atom stereocenters. The van der Waals surface area contributed by atoms with Crippen molar-refractivity contribution in [3.05, 3.63) is 36.4 Å². The Bertz CT molecular complexity index is 346. The van der Waals surface area contributed by atoms with Crippen LogP contribution in [-0.4, -0.2) is 19.7 Å². The van der Waals surface area contributed by atoms with E-state index in [-0.39, 0.29) is 0 Å². The fraction of sp³-hybridized carbons (Fsp3) is 0.333. The molecular weight excluding hydrogens is 174 g/mol. The maximum Gasteiger partial charge on any atom is 0.143 e. The molecule has 0 fully saturated rings. The smallest absolute Gasteiger partial charge is 0.143 e. The largest absolute Gasteiger partial charge is 0.487 e. The number of nitrogens with zero attached hydrogens (tertiary/aromatic N) is 1. The van der Waals surface area contributed by atoms with Crippen molar-refractivity contribution in [3.63, 3.8) is 0 Å². The molecule has 0 atom stereocenters. The molecule has 0 saturated carbocycles. The zero-order valence-electron chi connectivity index (χ0n) is 8.49. The molecule has 74 valence electrons. The Hall–Kier alpha value is -1.44. The molecule has 1 aromatic rings. The predicted octanol–water partition coefficient (Wildman–Crippen LogP) is 2.46. The van der Waals surface area contributed by atoms with E-state index in [2.05, 4.69) is 24.5 Å². The van der Waals surface area contributed by atoms with E-state index >= 15 is 0 Å². The second kappa shape index (κ2) is 3.74. The molecule has 2 nitrogen and oxygen atoms in total. The summed E-state index contributed by atoms with van der Waals surface area (Å²) in [6.07, 6.45) is 0. The normalized spacial score (nSPS) is 15.8. The number of anilines is 1. The summed E-state index contributed by atoms with van der Waals surface area (Å²) in [6.45, 7) is 8.65. The molecular formula is C12H15NO. The Morgan fingerprint density at radius 1 is 1.43 bits per heavy atom. The number of ether oxygens (including phenoxy) is 1. The zero-order chi connectivity index (χ0) is 9.97. The van der Waals surface area contributed by atoms with Crippen molar-refractivity contribution >= 4 is 5.69 Å². The quantitative estimate of drug-likeness (QED) is 0.629. The number of hydrogen-bond acceptors (Lipinski definition) is 2. The van der Waals surface area contributed by atoms with Gasteiger partial charge < -0.3 is 9.64 Å². The first-order valence-electron chi connectivity index (χ1n) is 4.94. The lowest BCUT2D eigenvalue weighted by Gasteiger charge is -2.21. The average molecular weight is 189 g/mol. The summed E-state index contributed by atoms with van der Waals surface area (Å²) in [4.78, 5) is 2.28. The van der Waals surface area contributed by atoms with Gasteiger partial charge in [0.05, 0.1) is 5.69 Å². The van der Waals surface area contributed by atoms with Crippen LogP contribution in [0.2, 0.25) is 0 Å². The van der Waals surface area contributed by atoms with Gasteiger partial charge in [-0.2, -0.15) is 0 Å². The van der Waals surface area contributed by atoms with E-state index in [0.717, 1.165) is 24.4 Å². The Morgan fingerprint density at radius 2 is 2.21 bits per heavy atom. The highest BCUT2D eigenvalue weighted by Gasteiger charge is 2.15. The number of para-hydroxylation sites is 2. The molecule has 14 heavy (non-hydrogen) atoms. The van der Waals surface area contributed by atoms with E-state index in [1.807, 2.05) is 18.2 Å². The van der Waals surface area contributed by atoms with Crippen LogP contribution in [0.5, 0.6) is 5.75 Å². The number of rotatable bonds is 1. The van der Waals surface area contributed by atoms with Gasteiger partial charge in [0, 0.05) is 13.1 Å². The first-order chi connectivity index (χ1) is 6.81. The summed E-state index contributed by atoms with van der Waals surface area (Å²) < 4.78 is 5.65. The van der Waals surface area contributed by atoms with Crippen molar-refractivity contribution in [1.29, 1.82) is 0 Å². The van der Waals surface area contributed by atoms with Crippen LogP contribution in [0.15, 0.2) is 36.4 Å². The maximum absolute atomic E-state index is 5.65. The van der Waals surface area contributed by atoms with Crippen LogP contribution in [-0.2, 0) is 0 Å². The molecule has 0 saturated heterocycles. The van der Waals surface area contributed by atoms with Gasteiger partial charge in [0.15, 0.2) is 0 Å². The van der Waals surface area contributed by atoms with Gasteiger partial charge in [-0.1, -0.05) is 18.7 Å². The van der Waals surface area contributed by atoms with E-state index in [0.29, 0.717) is 6.61 Å². The fourth-order valence-electron chi connectivity index (χ4n) is 1.70. The van der Waals surface area contributed by atoms with Gasteiger partial charge in [-0.3, -0.25) is 0 Å². The number of fused-ring (bicyclic) bond motifs is 1. The van der Waals surface area contributed by atoms with E-state index in [9.17, 15) is 0 Å². The summed E-state index contributed by atoms with van der Waals surface area (Å²) >= 11 is 0. The van der Waals surface area contributed by atoms with Crippen LogP contribution < -0.4 is 9.64 Å². The van der Waals surface area contributed by atoms with Crippen molar-refractivity contribution < 1.29 is 4.74 Å². The highest BCUT2D eigenvalue weighted by molar-refractivity contribution is 5.60. The van der Waals surface area contributed by atoms with Crippen molar-refractivity contribution in [2.75, 3.05) is 24.6 Å². The minimum absolute atomic E-state index is 0.632. The van der Waals surface area contributed by atoms with Crippen LogP contribution >= 0.6 is 0 Å². The summed E-state index contributed by atoms with van der Waals surface area (Å²) in [6, 6.07) is 8.15. The van der Waals surface area contributed by atoms with Crippen LogP contribution in [0, 0.1) is 0 Å². The van der Waals surface area contributed by atoms with Gasteiger partial charge in [0.1, 0.15) is 12.4 Å². The summed E-state index contributed by atoms with van der Waals surface area (Å²) in [5, 5.41) is 0. The standard InChI is InChI=1S/C12H15NO/c1-3-13-8-10(2)9-14-12-7-5-4-6-11(12)13/h4-7H,2-3,8-9H2,1H3. The molecule has 0 radical (unpaired) electrons. The SMILES string of the molecule is C=C1COc2ccccc2N(CC)C1. The molecule has 1 aliphatic rings. The molecule has 1 aliphatic heterocycles. The lowest BCUT2D eigenvalue weighted by molar-refractivity contribution is 0.358. The highest BCUT2D eigenvalue weighted by atomic mass is 16.5. The molecule has 0 aromatic heterocycles. The van der Waals surface area contributed by atoms with Crippen LogP contribution in [0.25, 0.3) is 0 Å². The average Bonchev–Trinajstić information content (AvgIpc) is 2.38. The summed E-state index contributed by atoms with van der Waals surface area (Å²) in [7, 11) is 0. The first kappa shape index (κ1) is 9.13. The molecule has 0 aliphatic carbocycles. The van der Waals surface area contributed by atoms with Gasteiger partial charge in [-0.05, 0) is 24.6 Å². The summed E-state index contributed by atoms with van der Waals surface area (Å²) in [5.41, 5.74) is 2.30. The van der Waals surface area contributed by atoms with Crippen molar-refractivity contribution in [2.45, 2.75) is 6.92 Å². The molecule has 1 heterocycles. The lowest BCUT2D eigenvalue weighted by Crippen LogP contribution is -2.24. The van der Waals surface area contributed by atoms with E-state index in [1.54, 1.807) is 0 Å². The molecule has 0 N–H and O–H groups in total. The molecule has 0 spiro atoms. The third-order valence-electron chi connectivity index (χ3n) is 2.43. The molecule has 0 bridgehead atoms. The Kier molecular flexibility index (Phi) is 2.44. The van der Waals surface area contributed by atoms with Crippen LogP contribution in [0.1, 0.15) is 6.92 Å². The third kappa shape index (κ3) is 1.60. The number of hydrogen-bond donors (Lipinski definition) is 0. The first-order valence-corrected chi connectivity index (χ1v) is 4.94. The van der Waals surface area contributed by atoms with Crippen LogP contribution in [0.3, 0.4) is 0 Å². The Labute approximate surface area is 84.8 Å². The van der Waals surface area contributed by atoms with Gasteiger partial charge in [0.2, 0.25) is 0 Å². The van der Waals surface area contributed by atoms with E-state index in [1.165, 1.54) is 5.69 Å². The van der Waals surface area contributed by atoms with Gasteiger partial charge >= 0.3 is 0 Å². The number of benzene rings is 1. The fourth-order valence-corrected chi connectivity index (χ4v) is 1.70. The second-order valence-electron chi connectivity index (χ2n) is 3.52. The monoisotopic (exact) mass is 189 g/mol. The lowest BCUT2D eigenvalue weighted by atomic mass is 10.2. The minimum atomic E-state index is 0.632. The Balaban J connectivity index is 2.39. The predicted molar refractivity (Wildman–Crippen MR) is 59.0 cm³/mol. The minimum Gasteiger partial charge on any atom is -0.487 e. The molecule has 0 amide bonds. The van der Waals surface area contributed by atoms with Crippen molar-refractivity contribution in [1.82, 2.24) is 0 Å². The van der Waals surface area contributed by atoms with Crippen LogP contribution in [0.4, 0.5) is 5.69 Å². The van der Waals surface area contributed by atoms with Crippen molar-refractivity contribution in [3.8, 4) is 5.75 Å². The summed E-state index contributed by atoms with van der Waals surface area (Å²) in [5.74, 6) is 0.966. The van der Waals surface area contributed by atoms with E-state index in [4.69, 9.17) is 4.74 Å². The topological polar surface area (TPSA) is 12.5 Å². The third-order valence-corrected chi connectivity index (χ3v) is 2.43. The second-order valence-corrected chi connectivity index (χ2v) is 3.52. The molecule has 2 rings (SSSR count).